The van der Waals surface area contributed by atoms with Crippen molar-refractivity contribution >= 4 is 18.2 Å². The summed E-state index contributed by atoms with van der Waals surface area (Å²) in [5.41, 5.74) is 4.98. The van der Waals surface area contributed by atoms with Crippen molar-refractivity contribution in [1.82, 2.24) is 15.5 Å². The second kappa shape index (κ2) is 9.60. The summed E-state index contributed by atoms with van der Waals surface area (Å²) in [5, 5.41) is 5.56. The summed E-state index contributed by atoms with van der Waals surface area (Å²) in [6, 6.07) is 15.7. The number of carbonyl (C=O) groups is 3. The zero-order valence-corrected chi connectivity index (χ0v) is 18.4. The van der Waals surface area contributed by atoms with Gasteiger partial charge >= 0.3 is 0 Å². The SMILES string of the molecule is C/C(=C\[C@H](C(C)C)N(C)C(=O)CNC=O)C(=O)NC1c2ccccc2-c2ccccc21. The maximum atomic E-state index is 13.1. The van der Waals surface area contributed by atoms with E-state index in [2.05, 4.69) is 22.8 Å². The number of amides is 3. The van der Waals surface area contributed by atoms with E-state index in [4.69, 9.17) is 0 Å². The number of likely N-dealkylation sites (N-methyl/N-ethyl adjacent to an activating group) is 1. The molecule has 0 saturated heterocycles. The zero-order valence-electron chi connectivity index (χ0n) is 18.4. The van der Waals surface area contributed by atoms with Crippen molar-refractivity contribution in [3.63, 3.8) is 0 Å². The predicted octanol–water partition coefficient (Wildman–Crippen LogP) is 3.05. The van der Waals surface area contributed by atoms with Crippen LogP contribution in [-0.2, 0) is 14.4 Å². The lowest BCUT2D eigenvalue weighted by Crippen LogP contribution is -2.43. The van der Waals surface area contributed by atoms with Gasteiger partial charge in [0.15, 0.2) is 0 Å². The average Bonchev–Trinajstić information content (AvgIpc) is 3.08. The second-order valence-corrected chi connectivity index (χ2v) is 8.17. The van der Waals surface area contributed by atoms with Crippen LogP contribution in [0.2, 0.25) is 0 Å². The number of carbonyl (C=O) groups excluding carboxylic acids is 3. The van der Waals surface area contributed by atoms with Gasteiger partial charge in [-0.25, -0.2) is 0 Å². The molecule has 2 aromatic rings. The van der Waals surface area contributed by atoms with Crippen LogP contribution in [-0.4, -0.2) is 42.8 Å². The van der Waals surface area contributed by atoms with E-state index in [1.165, 1.54) is 0 Å². The molecule has 6 heteroatoms. The molecule has 2 N–H and O–H groups in total. The van der Waals surface area contributed by atoms with E-state index in [0.29, 0.717) is 12.0 Å². The standard InChI is InChI=1S/C25H29N3O3/c1-16(2)22(28(4)23(30)14-26-15-29)13-17(3)25(31)27-24-20-11-7-5-9-18(20)19-10-6-8-12-21(19)24/h5-13,15-16,22,24H,14H2,1-4H3,(H,26,29)(H,27,31)/b17-13+/t22-/m1/s1. The first-order valence-electron chi connectivity index (χ1n) is 10.4. The molecule has 0 aromatic heterocycles. The Balaban J connectivity index is 1.81. The normalized spacial score (nSPS) is 13.9. The molecule has 3 amide bonds. The minimum Gasteiger partial charge on any atom is -0.350 e. The molecule has 0 spiro atoms. The Morgan fingerprint density at radius 3 is 2.10 bits per heavy atom. The number of hydrogen-bond acceptors (Lipinski definition) is 3. The molecule has 0 bridgehead atoms. The summed E-state index contributed by atoms with van der Waals surface area (Å²) in [6.07, 6.45) is 2.33. The molecule has 1 aliphatic carbocycles. The third kappa shape index (κ3) is 4.68. The Labute approximate surface area is 183 Å². The Morgan fingerprint density at radius 1 is 1.03 bits per heavy atom. The van der Waals surface area contributed by atoms with Crippen LogP contribution in [0.25, 0.3) is 11.1 Å². The molecular weight excluding hydrogens is 390 g/mol. The number of nitrogens with zero attached hydrogens (tertiary/aromatic N) is 1. The van der Waals surface area contributed by atoms with Gasteiger partial charge < -0.3 is 15.5 Å². The van der Waals surface area contributed by atoms with Gasteiger partial charge in [-0.1, -0.05) is 68.5 Å². The fourth-order valence-electron chi connectivity index (χ4n) is 4.06. The van der Waals surface area contributed by atoms with Gasteiger partial charge in [0, 0.05) is 12.6 Å². The first-order chi connectivity index (χ1) is 14.8. The van der Waals surface area contributed by atoms with Gasteiger partial charge in [-0.05, 0) is 35.1 Å². The predicted molar refractivity (Wildman–Crippen MR) is 121 cm³/mol. The molecule has 2 aromatic carbocycles. The molecule has 0 heterocycles. The Morgan fingerprint density at radius 2 is 1.58 bits per heavy atom. The van der Waals surface area contributed by atoms with E-state index in [9.17, 15) is 14.4 Å². The van der Waals surface area contributed by atoms with Gasteiger partial charge in [-0.2, -0.15) is 0 Å². The van der Waals surface area contributed by atoms with Crippen LogP contribution in [0.15, 0.2) is 60.2 Å². The fraction of sp³-hybridized carbons (Fsp3) is 0.320. The van der Waals surface area contributed by atoms with E-state index in [1.54, 1.807) is 18.9 Å². The van der Waals surface area contributed by atoms with Gasteiger partial charge in [0.25, 0.3) is 0 Å². The van der Waals surface area contributed by atoms with Gasteiger partial charge in [0.1, 0.15) is 0 Å². The molecule has 0 radical (unpaired) electrons. The third-order valence-corrected chi connectivity index (χ3v) is 5.75. The molecular formula is C25H29N3O3. The van der Waals surface area contributed by atoms with Crippen LogP contribution >= 0.6 is 0 Å². The first kappa shape index (κ1) is 22.3. The van der Waals surface area contributed by atoms with Crippen molar-refractivity contribution in [3.8, 4) is 11.1 Å². The summed E-state index contributed by atoms with van der Waals surface area (Å²) in [7, 11) is 1.69. The van der Waals surface area contributed by atoms with E-state index < -0.39 is 0 Å². The molecule has 6 nitrogen and oxygen atoms in total. The maximum Gasteiger partial charge on any atom is 0.247 e. The fourth-order valence-corrected chi connectivity index (χ4v) is 4.06. The zero-order chi connectivity index (χ0) is 22.5. The summed E-state index contributed by atoms with van der Waals surface area (Å²) in [5.74, 6) is -0.288. The van der Waals surface area contributed by atoms with Crippen LogP contribution in [0.3, 0.4) is 0 Å². The highest BCUT2D eigenvalue weighted by molar-refractivity contribution is 5.94. The van der Waals surface area contributed by atoms with Crippen LogP contribution < -0.4 is 10.6 Å². The first-order valence-corrected chi connectivity index (χ1v) is 10.4. The van der Waals surface area contributed by atoms with Gasteiger partial charge in [0.05, 0.1) is 18.6 Å². The highest BCUT2D eigenvalue weighted by atomic mass is 16.2. The van der Waals surface area contributed by atoms with E-state index in [-0.39, 0.29) is 36.4 Å². The lowest BCUT2D eigenvalue weighted by Gasteiger charge is -2.29. The van der Waals surface area contributed by atoms with Crippen LogP contribution in [0, 0.1) is 5.92 Å². The molecule has 0 saturated carbocycles. The molecule has 0 fully saturated rings. The highest BCUT2D eigenvalue weighted by Gasteiger charge is 2.30. The molecule has 162 valence electrons. The Hall–Kier alpha value is -3.41. The summed E-state index contributed by atoms with van der Waals surface area (Å²) in [4.78, 5) is 37.5. The molecule has 31 heavy (non-hydrogen) atoms. The van der Waals surface area contributed by atoms with Gasteiger partial charge in [0.2, 0.25) is 18.2 Å². The van der Waals surface area contributed by atoms with Crippen LogP contribution in [0.5, 0.6) is 0 Å². The lowest BCUT2D eigenvalue weighted by atomic mass is 9.99. The number of nitrogens with one attached hydrogen (secondary N) is 2. The average molecular weight is 420 g/mol. The minimum atomic E-state index is -0.269. The number of hydrogen-bond donors (Lipinski definition) is 2. The van der Waals surface area contributed by atoms with Crippen molar-refractivity contribution in [2.24, 2.45) is 5.92 Å². The largest absolute Gasteiger partial charge is 0.350 e. The minimum absolute atomic E-state index is 0.0715. The van der Waals surface area contributed by atoms with Crippen molar-refractivity contribution in [1.29, 1.82) is 0 Å². The number of benzene rings is 2. The smallest absolute Gasteiger partial charge is 0.247 e. The topological polar surface area (TPSA) is 78.5 Å². The molecule has 0 aliphatic heterocycles. The Bertz CT molecular complexity index is 967. The molecule has 1 atom stereocenters. The van der Waals surface area contributed by atoms with Crippen molar-refractivity contribution in [2.75, 3.05) is 13.6 Å². The highest BCUT2D eigenvalue weighted by Crippen LogP contribution is 2.43. The quantitative estimate of drug-likeness (QED) is 0.510. The summed E-state index contributed by atoms with van der Waals surface area (Å²) >= 11 is 0. The van der Waals surface area contributed by atoms with Gasteiger partial charge in [-0.15, -0.1) is 0 Å². The van der Waals surface area contributed by atoms with Crippen molar-refractivity contribution in [2.45, 2.75) is 32.9 Å². The second-order valence-electron chi connectivity index (χ2n) is 8.17. The third-order valence-electron chi connectivity index (χ3n) is 5.75. The summed E-state index contributed by atoms with van der Waals surface area (Å²) in [6.45, 7) is 5.68. The Kier molecular flexibility index (Phi) is 6.90. The number of fused-ring (bicyclic) bond motifs is 3. The van der Waals surface area contributed by atoms with E-state index in [1.807, 2.05) is 56.3 Å². The van der Waals surface area contributed by atoms with Crippen molar-refractivity contribution in [3.05, 3.63) is 71.3 Å². The maximum absolute atomic E-state index is 13.1. The van der Waals surface area contributed by atoms with Crippen LogP contribution in [0.4, 0.5) is 0 Å². The summed E-state index contributed by atoms with van der Waals surface area (Å²) < 4.78 is 0. The molecule has 0 unspecified atom stereocenters. The van der Waals surface area contributed by atoms with Crippen molar-refractivity contribution < 1.29 is 14.4 Å². The lowest BCUT2D eigenvalue weighted by molar-refractivity contribution is -0.132. The molecule has 3 rings (SSSR count). The van der Waals surface area contributed by atoms with E-state index in [0.717, 1.165) is 22.3 Å². The number of rotatable bonds is 8. The molecule has 1 aliphatic rings. The van der Waals surface area contributed by atoms with E-state index >= 15 is 0 Å². The monoisotopic (exact) mass is 419 g/mol. The van der Waals surface area contributed by atoms with Gasteiger partial charge in [-0.3, -0.25) is 14.4 Å². The van der Waals surface area contributed by atoms with Crippen LogP contribution in [0.1, 0.15) is 37.9 Å².